The maximum atomic E-state index is 5.85. The molecule has 18 nitrogen and oxygen atoms in total. The van der Waals surface area contributed by atoms with Crippen molar-refractivity contribution in [1.82, 2.24) is 77.2 Å². The van der Waals surface area contributed by atoms with Crippen LogP contribution in [0.1, 0.15) is 202 Å². The van der Waals surface area contributed by atoms with Gasteiger partial charge in [0.1, 0.15) is 93.0 Å². The summed E-state index contributed by atoms with van der Waals surface area (Å²) in [6.07, 6.45) is 19.5. The summed E-state index contributed by atoms with van der Waals surface area (Å²) in [7, 11) is 4.11. The second-order valence-corrected chi connectivity index (χ2v) is 40.4. The summed E-state index contributed by atoms with van der Waals surface area (Å²) in [4.78, 5) is 50.1. The number of rotatable bonds is 4. The number of nitrogens with zero attached hydrogens (tertiary/aromatic N) is 16. The number of para-hydroxylation sites is 4. The molecule has 4 aliphatic heterocycles. The fraction of sp³-hybridized carbons (Fsp3) is 0.217. The zero-order valence-electron chi connectivity index (χ0n) is 82.1. The Hall–Kier alpha value is -13.1. The molecule has 14 heterocycles. The zero-order chi connectivity index (χ0) is 95.7. The summed E-state index contributed by atoms with van der Waals surface area (Å²) in [6, 6.07) is 112. The monoisotopic (exact) mass is 2580 g/mol. The van der Waals surface area contributed by atoms with Crippen LogP contribution in [0.15, 0.2) is 314 Å². The van der Waals surface area contributed by atoms with Gasteiger partial charge in [0.05, 0.1) is 10.8 Å². The van der Waals surface area contributed by atoms with Gasteiger partial charge >= 0.3 is 84.3 Å². The maximum Gasteiger partial charge on any atom is 2.00 e. The first-order valence-corrected chi connectivity index (χ1v) is 46.8. The van der Waals surface area contributed by atoms with E-state index in [1.807, 2.05) is 85.2 Å². The average Bonchev–Trinajstić information content (AvgIpc) is 1.59. The van der Waals surface area contributed by atoms with Gasteiger partial charge in [0.15, 0.2) is 0 Å². The Morgan fingerprint density at radius 1 is 0.211 bits per heavy atom. The molecule has 0 aliphatic carbocycles. The Kier molecular flexibility index (Phi) is 27.3. The molecule has 142 heavy (non-hydrogen) atoms. The van der Waals surface area contributed by atoms with Crippen molar-refractivity contribution in [2.24, 2.45) is 14.1 Å². The molecule has 0 atom stereocenters. The fourth-order valence-corrected chi connectivity index (χ4v) is 19.2. The first kappa shape index (κ1) is 100. The van der Waals surface area contributed by atoms with Gasteiger partial charge in [-0.05, 0) is 128 Å². The third kappa shape index (κ3) is 18.2. The molecule has 24 rings (SSSR count). The molecule has 716 valence electrons. The molecule has 22 heteroatoms. The van der Waals surface area contributed by atoms with Crippen molar-refractivity contribution in [2.75, 3.05) is 0 Å². The van der Waals surface area contributed by atoms with Gasteiger partial charge in [0.25, 0.3) is 0 Å². The molecular formula is C120H104N16O2Pt4. The number of oxazole rings is 2. The molecule has 0 N–H and O–H groups in total. The Balaban J connectivity index is 0.000000130. The van der Waals surface area contributed by atoms with E-state index in [0.29, 0.717) is 23.2 Å². The van der Waals surface area contributed by atoms with Crippen molar-refractivity contribution in [2.45, 2.75) is 154 Å². The molecule has 0 radical (unpaired) electrons. The first-order chi connectivity index (χ1) is 66.2. The number of benzene rings is 10. The predicted molar refractivity (Wildman–Crippen MR) is 540 cm³/mol. The molecule has 32 bridgehead atoms. The van der Waals surface area contributed by atoms with Gasteiger partial charge < -0.3 is 36.2 Å². The topological polar surface area (TPSA) is 185 Å². The summed E-state index contributed by atoms with van der Waals surface area (Å²) < 4.78 is 24.6. The summed E-state index contributed by atoms with van der Waals surface area (Å²) in [6.45, 7) is 34.6. The van der Waals surface area contributed by atoms with Crippen molar-refractivity contribution in [3.05, 3.63) is 445 Å². The average molecular weight is 2580 g/mol. The Bertz CT molecular complexity index is 7270. The second-order valence-electron chi connectivity index (χ2n) is 40.4. The standard InChI is InChI=1S/C36H30N4.C34H28N6.C26H26N4.C24H20N2O2.4Pt/c1-35(2)27-15-11-13-25(21-27)26-14-12-16-28(22-26)36(3,4)34-38-32(24-40(34)30-19-9-6-10-20-30)31-23-39(33(35)37-31)29-17-7-5-8-18-29;1-33(2)29-19-23(15-17-35-29)24-16-18-36-30(20-24)34(3,4)32-38-28(22-40(32)26-13-9-6-10-14-26)27-21-39(31(33)37-27)25-11-7-5-8-12-25;1-25(2)19-11-7-9-17(13-19)18-10-8-12-20(14-18)26(3,4)24-28-22(16-30(24)6)21-15-29(5)23(25)27-21;1-23(2)17-9-5-7-15(11-17)16-8-6-10-18(12-16)24(3,4)22-26-20(14-28-22)19-13-27-21(23)25-19;;;;/h5-20,23-24H,1-4H3;5-18,21-22H,1-4H3;7-12,15-16H,1-6H3;5-10,13-14H,1-4H3;;;;/q4*-2;4*+2. The normalized spacial score (nSPS) is 15.1. The minimum Gasteiger partial charge on any atom is -0.447 e. The summed E-state index contributed by atoms with van der Waals surface area (Å²) in [5.74, 6) is 6.82. The van der Waals surface area contributed by atoms with E-state index < -0.39 is 32.5 Å². The Labute approximate surface area is 888 Å². The molecule has 0 fully saturated rings. The molecule has 0 amide bonds. The summed E-state index contributed by atoms with van der Waals surface area (Å²) >= 11 is 0. The molecule has 20 aromatic rings. The molecule has 0 saturated heterocycles. The van der Waals surface area contributed by atoms with Crippen LogP contribution in [-0.4, -0.2) is 77.2 Å². The van der Waals surface area contributed by atoms with Crippen molar-refractivity contribution >= 4 is 0 Å². The molecular weight excluding hydrogens is 2480 g/mol. The smallest absolute Gasteiger partial charge is 0.447 e. The van der Waals surface area contributed by atoms with E-state index in [1.165, 1.54) is 0 Å². The van der Waals surface area contributed by atoms with Crippen LogP contribution < -0.4 is 0 Å². The van der Waals surface area contributed by atoms with Crippen LogP contribution >= 0.6 is 0 Å². The number of hydrogen-bond acceptors (Lipinski definition) is 12. The number of aromatic nitrogens is 16. The molecule has 4 aliphatic rings. The summed E-state index contributed by atoms with van der Waals surface area (Å²) in [5, 5.41) is 0. The van der Waals surface area contributed by atoms with Gasteiger partial charge in [-0.3, -0.25) is 21.1 Å². The first-order valence-electron chi connectivity index (χ1n) is 46.8. The van der Waals surface area contributed by atoms with Crippen LogP contribution in [-0.2, 0) is 142 Å². The molecule has 10 aromatic carbocycles. The van der Waals surface area contributed by atoms with Crippen LogP contribution in [0.5, 0.6) is 0 Å². The van der Waals surface area contributed by atoms with Crippen molar-refractivity contribution < 1.29 is 93.1 Å². The van der Waals surface area contributed by atoms with Gasteiger partial charge in [-0.2, -0.15) is 109 Å². The van der Waals surface area contributed by atoms with Gasteiger partial charge in [-0.25, -0.2) is 97.5 Å². The Morgan fingerprint density at radius 2 is 0.430 bits per heavy atom. The van der Waals surface area contributed by atoms with E-state index in [1.54, 1.807) is 12.5 Å². The summed E-state index contributed by atoms with van der Waals surface area (Å²) in [5.41, 5.74) is 23.0. The maximum absolute atomic E-state index is 5.85. The molecule has 10 aromatic heterocycles. The van der Waals surface area contributed by atoms with Crippen molar-refractivity contribution in [3.8, 4) is 113 Å². The van der Waals surface area contributed by atoms with E-state index >= 15 is 0 Å². The van der Waals surface area contributed by atoms with Crippen molar-refractivity contribution in [1.29, 1.82) is 0 Å². The van der Waals surface area contributed by atoms with E-state index in [2.05, 4.69) is 408 Å². The molecule has 0 saturated carbocycles. The zero-order valence-corrected chi connectivity index (χ0v) is 91.2. The number of pyridine rings is 2. The van der Waals surface area contributed by atoms with Gasteiger partial charge in [-0.15, -0.1) is 69.8 Å². The van der Waals surface area contributed by atoms with E-state index in [4.69, 9.17) is 58.7 Å². The number of hydrogen-bond donors (Lipinski definition) is 0. The minimum atomic E-state index is -0.561. The van der Waals surface area contributed by atoms with Gasteiger partial charge in [0, 0.05) is 107 Å². The number of fused-ring (bicyclic) bond motifs is 40. The predicted octanol–water partition coefficient (Wildman–Crippen LogP) is 25.3. The second kappa shape index (κ2) is 38.7. The van der Waals surface area contributed by atoms with Crippen LogP contribution in [0.3, 0.4) is 0 Å². The number of aryl methyl sites for hydroxylation is 2. The van der Waals surface area contributed by atoms with Crippen LogP contribution in [0.2, 0.25) is 0 Å². The van der Waals surface area contributed by atoms with Gasteiger partial charge in [-0.1, -0.05) is 128 Å². The quantitative estimate of drug-likeness (QED) is 0.152. The van der Waals surface area contributed by atoms with E-state index in [-0.39, 0.29) is 95.1 Å². The SMILES string of the molecule is CC1(C)c2[c-]c(ccc2)-c2[c-]c(ccc2)C(C)(C)c2nc(cn2-c2ccccc2)-c2cn(-c3ccccc3)c1n2.CC1(C)c2[c-]c(ccc2)-c2[c-]c(ccc2)C(C)(C)c2nc(co2)-c2coc1n2.CC1(C)c2[c-]c(ccn2)-c2[c-]c(ncc2)C(C)(C)c2nc(cn2-c2ccccc2)-c2cn(-c3ccccc3)c1n2.Cn1cc2nc1C(C)(C)c1[c-]c(ccc1)-c1[c-]c(ccc1)C(C)(C)c1nc-2cn1C.[Pt+2].[Pt+2].[Pt+2].[Pt+2]. The fourth-order valence-electron chi connectivity index (χ4n) is 19.2. The third-order valence-corrected chi connectivity index (χ3v) is 27.7. The minimum absolute atomic E-state index is 0. The van der Waals surface area contributed by atoms with Crippen LogP contribution in [0.25, 0.3) is 113 Å². The third-order valence-electron chi connectivity index (χ3n) is 27.7. The van der Waals surface area contributed by atoms with E-state index in [9.17, 15) is 0 Å². The number of imidazole rings is 6. The van der Waals surface area contributed by atoms with Crippen LogP contribution in [0, 0.1) is 48.5 Å². The van der Waals surface area contributed by atoms with Crippen LogP contribution in [0.4, 0.5) is 0 Å². The molecule has 0 unspecified atom stereocenters. The Morgan fingerprint density at radius 3 is 0.690 bits per heavy atom. The molecule has 0 spiro atoms. The van der Waals surface area contributed by atoms with Crippen molar-refractivity contribution in [3.63, 3.8) is 0 Å². The van der Waals surface area contributed by atoms with E-state index in [0.717, 1.165) is 181 Å². The van der Waals surface area contributed by atoms with Gasteiger partial charge in [0.2, 0.25) is 11.8 Å². The largest absolute Gasteiger partial charge is 2.00 e.